The third kappa shape index (κ3) is 8.79. The molecule has 2 saturated heterocycles. The van der Waals surface area contributed by atoms with Crippen molar-refractivity contribution in [1.82, 2.24) is 20.0 Å². The molecule has 312 valence electrons. The van der Waals surface area contributed by atoms with Gasteiger partial charge in [0.05, 0.1) is 35.5 Å². The second-order valence-electron chi connectivity index (χ2n) is 15.2. The average molecular weight is 841 g/mol. The molecule has 0 saturated carbocycles. The lowest BCUT2D eigenvalue weighted by Gasteiger charge is -2.34. The summed E-state index contributed by atoms with van der Waals surface area (Å²) < 4.78 is 9.27. The van der Waals surface area contributed by atoms with Gasteiger partial charge in [0.1, 0.15) is 11.8 Å². The van der Waals surface area contributed by atoms with Crippen LogP contribution in [0.4, 0.5) is 11.4 Å². The maximum atomic E-state index is 13.4. The highest BCUT2D eigenvalue weighted by molar-refractivity contribution is 8.00. The molecule has 5 aromatic rings. The molecule has 8 rings (SSSR count). The van der Waals surface area contributed by atoms with Gasteiger partial charge in [0, 0.05) is 49.7 Å². The lowest BCUT2D eigenvalue weighted by Crippen LogP contribution is -2.54. The highest BCUT2D eigenvalue weighted by atomic mass is 32.2. The van der Waals surface area contributed by atoms with Gasteiger partial charge in [-0.2, -0.15) is 0 Å². The Kier molecular flexibility index (Phi) is 12.0. The molecule has 0 spiro atoms. The topological polar surface area (TPSA) is 178 Å². The van der Waals surface area contributed by atoms with E-state index in [4.69, 9.17) is 4.74 Å². The van der Waals surface area contributed by atoms with Gasteiger partial charge in [-0.15, -0.1) is 0 Å². The first kappa shape index (κ1) is 41.0. The number of nitrogens with one attached hydrogen (secondary N) is 3. The van der Waals surface area contributed by atoms with Gasteiger partial charge >= 0.3 is 5.97 Å². The summed E-state index contributed by atoms with van der Waals surface area (Å²) in [6.07, 6.45) is 0.886. The number of fused-ring (bicyclic) bond motifs is 2. The van der Waals surface area contributed by atoms with Crippen LogP contribution in [0.1, 0.15) is 55.9 Å². The second kappa shape index (κ2) is 17.9. The van der Waals surface area contributed by atoms with Crippen molar-refractivity contribution in [3.8, 4) is 16.9 Å². The predicted molar refractivity (Wildman–Crippen MR) is 232 cm³/mol. The van der Waals surface area contributed by atoms with Gasteiger partial charge in [0.2, 0.25) is 17.7 Å². The van der Waals surface area contributed by atoms with Gasteiger partial charge in [-0.1, -0.05) is 48.5 Å². The van der Waals surface area contributed by atoms with Crippen LogP contribution in [-0.2, 0) is 14.4 Å². The normalized spacial score (nSPS) is 16.7. The van der Waals surface area contributed by atoms with Crippen LogP contribution in [0.15, 0.2) is 102 Å². The molecule has 0 bridgehead atoms. The third-order valence-corrected chi connectivity index (χ3v) is 12.1. The fraction of sp³-hybridized carbons (Fsp3) is 0.261. The second-order valence-corrected chi connectivity index (χ2v) is 16.0. The first-order valence-corrected chi connectivity index (χ1v) is 21.0. The minimum Gasteiger partial charge on any atom is -0.494 e. The van der Waals surface area contributed by atoms with E-state index in [0.29, 0.717) is 44.2 Å². The van der Waals surface area contributed by atoms with Crippen molar-refractivity contribution in [2.24, 2.45) is 0 Å². The zero-order valence-electron chi connectivity index (χ0n) is 33.4. The number of carbonyl (C=O) groups is 6. The Balaban J connectivity index is 0.770. The van der Waals surface area contributed by atoms with E-state index in [9.17, 15) is 33.9 Å². The number of aromatic carboxylic acids is 1. The molecule has 0 radical (unpaired) electrons. The van der Waals surface area contributed by atoms with E-state index in [1.165, 1.54) is 23.6 Å². The van der Waals surface area contributed by atoms with Crippen molar-refractivity contribution in [2.75, 3.05) is 55.9 Å². The number of hydrogen-bond donors (Lipinski definition) is 4. The maximum absolute atomic E-state index is 13.4. The van der Waals surface area contributed by atoms with E-state index >= 15 is 0 Å². The van der Waals surface area contributed by atoms with Crippen molar-refractivity contribution in [2.45, 2.75) is 37.1 Å². The lowest BCUT2D eigenvalue weighted by molar-refractivity contribution is -0.136. The van der Waals surface area contributed by atoms with E-state index in [0.717, 1.165) is 50.4 Å². The van der Waals surface area contributed by atoms with Crippen molar-refractivity contribution in [1.29, 1.82) is 0 Å². The number of carboxylic acid groups (broad SMARTS) is 1. The molecule has 1 atom stereocenters. The number of piperazine rings is 1. The predicted octanol–water partition coefficient (Wildman–Crippen LogP) is 6.06. The van der Waals surface area contributed by atoms with Crippen molar-refractivity contribution in [3.05, 3.63) is 119 Å². The number of amides is 5. The number of aryl methyl sites for hydroxylation is 1. The van der Waals surface area contributed by atoms with Crippen molar-refractivity contribution < 1.29 is 38.6 Å². The number of imide groups is 2. The zero-order valence-corrected chi connectivity index (χ0v) is 34.3. The zero-order chi connectivity index (χ0) is 42.6. The Morgan fingerprint density at radius 2 is 1.61 bits per heavy atom. The highest BCUT2D eigenvalue weighted by Crippen LogP contribution is 2.35. The SMILES string of the molecule is Cc1ccc(-c2ccc(C(=O)O)c(NSc3ccc(OCCCN4CCN(C(=O)CNc5cccc6c5C(=O)N(C5CCC(=O)NC5=O)C6=O)CC4)cc3)c2)c2ccccc12. The smallest absolute Gasteiger partial charge is 0.337 e. The molecule has 5 aromatic carbocycles. The maximum Gasteiger partial charge on any atom is 0.337 e. The summed E-state index contributed by atoms with van der Waals surface area (Å²) in [7, 11) is 0. The monoisotopic (exact) mass is 840 g/mol. The number of rotatable bonds is 14. The average Bonchev–Trinajstić information content (AvgIpc) is 3.53. The highest BCUT2D eigenvalue weighted by Gasteiger charge is 2.45. The van der Waals surface area contributed by atoms with Gasteiger partial charge in [-0.05, 0) is 108 Å². The first-order valence-electron chi connectivity index (χ1n) is 20.2. The number of benzene rings is 5. The molecule has 15 heteroatoms. The van der Waals surface area contributed by atoms with Crippen LogP contribution in [0.3, 0.4) is 0 Å². The number of carbonyl (C=O) groups excluding carboxylic acids is 5. The largest absolute Gasteiger partial charge is 0.494 e. The van der Waals surface area contributed by atoms with E-state index in [1.54, 1.807) is 23.1 Å². The Morgan fingerprint density at radius 3 is 2.36 bits per heavy atom. The Bertz CT molecular complexity index is 2560. The minimum absolute atomic E-state index is 0.0318. The Labute approximate surface area is 356 Å². The van der Waals surface area contributed by atoms with Crippen molar-refractivity contribution >= 4 is 69.6 Å². The number of ether oxygens (including phenoxy) is 1. The summed E-state index contributed by atoms with van der Waals surface area (Å²) in [5.41, 5.74) is 4.43. The van der Waals surface area contributed by atoms with Gasteiger partial charge < -0.3 is 24.8 Å². The Morgan fingerprint density at radius 1 is 0.836 bits per heavy atom. The molecule has 3 aliphatic heterocycles. The lowest BCUT2D eigenvalue weighted by atomic mass is 9.94. The third-order valence-electron chi connectivity index (χ3n) is 11.3. The number of nitrogens with zero attached hydrogens (tertiary/aromatic N) is 3. The van der Waals surface area contributed by atoms with Gasteiger partial charge in [0.15, 0.2) is 0 Å². The van der Waals surface area contributed by atoms with Crippen LogP contribution in [-0.4, -0.2) is 107 Å². The van der Waals surface area contributed by atoms with Crippen LogP contribution in [0, 0.1) is 6.92 Å². The molecule has 3 aliphatic rings. The number of carboxylic acids is 1. The molecule has 0 aromatic heterocycles. The summed E-state index contributed by atoms with van der Waals surface area (Å²) >= 11 is 1.33. The number of anilines is 2. The van der Waals surface area contributed by atoms with Crippen molar-refractivity contribution in [3.63, 3.8) is 0 Å². The molecule has 1 unspecified atom stereocenters. The molecule has 5 amide bonds. The summed E-state index contributed by atoms with van der Waals surface area (Å²) in [5.74, 6) is -2.77. The minimum atomic E-state index is -1.07. The van der Waals surface area contributed by atoms with E-state index in [-0.39, 0.29) is 42.0 Å². The van der Waals surface area contributed by atoms with E-state index in [2.05, 4.69) is 51.4 Å². The van der Waals surface area contributed by atoms with Crippen LogP contribution in [0.5, 0.6) is 5.75 Å². The molecule has 2 fully saturated rings. The number of hydrogen-bond acceptors (Lipinski definition) is 11. The molecule has 3 heterocycles. The van der Waals surface area contributed by atoms with E-state index < -0.39 is 35.6 Å². The molecular weight excluding hydrogens is 797 g/mol. The fourth-order valence-corrected chi connectivity index (χ4v) is 8.71. The summed E-state index contributed by atoms with van der Waals surface area (Å²) in [5, 5.41) is 17.4. The molecule has 14 nitrogen and oxygen atoms in total. The van der Waals surface area contributed by atoms with E-state index in [1.807, 2.05) is 48.5 Å². The van der Waals surface area contributed by atoms with Crippen LogP contribution >= 0.6 is 11.9 Å². The number of piperidine rings is 1. The summed E-state index contributed by atoms with van der Waals surface area (Å²) in [6, 6.07) is 29.1. The molecule has 61 heavy (non-hydrogen) atoms. The van der Waals surface area contributed by atoms with Crippen LogP contribution < -0.4 is 20.1 Å². The summed E-state index contributed by atoms with van der Waals surface area (Å²) in [4.78, 5) is 81.7. The van der Waals surface area contributed by atoms with Gasteiger partial charge in [0.25, 0.3) is 11.8 Å². The van der Waals surface area contributed by atoms with Gasteiger partial charge in [-0.25, -0.2) is 4.79 Å². The first-order chi connectivity index (χ1) is 29.5. The fourth-order valence-electron chi connectivity index (χ4n) is 8.05. The van der Waals surface area contributed by atoms with Crippen LogP contribution in [0.2, 0.25) is 0 Å². The molecule has 4 N–H and O–H groups in total. The van der Waals surface area contributed by atoms with Crippen LogP contribution in [0.25, 0.3) is 21.9 Å². The molecular formula is C46H44N6O8S. The summed E-state index contributed by atoms with van der Waals surface area (Å²) in [6.45, 7) is 5.82. The standard InChI is InChI=1S/C46H44N6O8S/c1-28-10-16-33(34-7-3-2-6-32(28)34)29-11-17-35(46(58)59)38(26-29)49-61-31-14-12-30(13-15-31)60-25-5-20-50-21-23-51(24-22-50)41(54)27-47-37-9-4-8-36-42(37)45(57)52(44(36)56)39-18-19-40(53)48-43(39)55/h2-4,6-17,26,39,47,49H,5,18-25,27H2,1H3,(H,58,59)(H,48,53,55). The quantitative estimate of drug-likeness (QED) is 0.0579. The molecule has 0 aliphatic carbocycles. The van der Waals surface area contributed by atoms with Gasteiger partial charge in [-0.3, -0.25) is 39.1 Å². The Hall–Kier alpha value is -6.71.